The minimum Gasteiger partial charge on any atom is -0.374 e. The third-order valence-corrected chi connectivity index (χ3v) is 3.68. The van der Waals surface area contributed by atoms with Crippen molar-refractivity contribution >= 4 is 0 Å². The molecule has 1 N–H and O–H groups in total. The van der Waals surface area contributed by atoms with Crippen LogP contribution in [0.2, 0.25) is 0 Å². The number of rotatable bonds is 5. The quantitative estimate of drug-likeness (QED) is 0.887. The van der Waals surface area contributed by atoms with Crippen LogP contribution in [-0.2, 0) is 17.8 Å². The van der Waals surface area contributed by atoms with Crippen LogP contribution < -0.4 is 5.32 Å². The summed E-state index contributed by atoms with van der Waals surface area (Å²) in [5.74, 6) is 0. The highest BCUT2D eigenvalue weighted by Crippen LogP contribution is 2.10. The van der Waals surface area contributed by atoms with Crippen LogP contribution in [0.4, 0.5) is 0 Å². The second-order valence-corrected chi connectivity index (χ2v) is 7.12. The van der Waals surface area contributed by atoms with Gasteiger partial charge >= 0.3 is 0 Å². The molecule has 0 saturated carbocycles. The van der Waals surface area contributed by atoms with Crippen LogP contribution in [0.25, 0.3) is 0 Å². The van der Waals surface area contributed by atoms with Crippen molar-refractivity contribution in [3.05, 3.63) is 11.9 Å². The largest absolute Gasteiger partial charge is 0.374 e. The van der Waals surface area contributed by atoms with Gasteiger partial charge in [0, 0.05) is 37.4 Å². The van der Waals surface area contributed by atoms with E-state index >= 15 is 0 Å². The lowest BCUT2D eigenvalue weighted by Crippen LogP contribution is -2.47. The summed E-state index contributed by atoms with van der Waals surface area (Å²) in [5.41, 5.74) is 1.06. The molecule has 1 fully saturated rings. The molecule has 1 aliphatic heterocycles. The highest BCUT2D eigenvalue weighted by atomic mass is 16.5. The molecule has 1 saturated heterocycles. The fourth-order valence-electron chi connectivity index (χ4n) is 2.39. The van der Waals surface area contributed by atoms with Crippen molar-refractivity contribution in [2.75, 3.05) is 19.7 Å². The van der Waals surface area contributed by atoms with Gasteiger partial charge in [-0.25, -0.2) is 4.68 Å². The predicted molar refractivity (Wildman–Crippen MR) is 83.1 cm³/mol. The number of morpholine rings is 1. The summed E-state index contributed by atoms with van der Waals surface area (Å²) in [6, 6.07) is 0.568. The molecule has 1 aliphatic rings. The Balaban J connectivity index is 1.84. The molecule has 0 spiro atoms. The zero-order valence-electron chi connectivity index (χ0n) is 14.0. The zero-order valence-corrected chi connectivity index (χ0v) is 14.0. The molecular weight excluding hydrogens is 266 g/mol. The number of aromatic nitrogens is 3. The maximum atomic E-state index is 5.84. The Morgan fingerprint density at radius 1 is 1.43 bits per heavy atom. The number of hydrogen-bond acceptors (Lipinski definition) is 5. The minimum absolute atomic E-state index is 0.0913. The summed E-state index contributed by atoms with van der Waals surface area (Å²) in [5, 5.41) is 11.9. The first-order chi connectivity index (χ1) is 9.83. The van der Waals surface area contributed by atoms with Crippen molar-refractivity contribution in [1.29, 1.82) is 0 Å². The molecule has 1 atom stereocenters. The minimum atomic E-state index is 0.0913. The SMILES string of the molecule is CC(C)N1CCOC(Cn2cc(CNC(C)(C)C)nn2)C1. The molecule has 6 nitrogen and oxygen atoms in total. The van der Waals surface area contributed by atoms with Gasteiger partial charge in [-0.15, -0.1) is 5.10 Å². The van der Waals surface area contributed by atoms with E-state index in [1.807, 2.05) is 10.9 Å². The summed E-state index contributed by atoms with van der Waals surface area (Å²) >= 11 is 0. The van der Waals surface area contributed by atoms with Crippen molar-refractivity contribution in [3.63, 3.8) is 0 Å². The zero-order chi connectivity index (χ0) is 15.5. The fourth-order valence-corrected chi connectivity index (χ4v) is 2.39. The van der Waals surface area contributed by atoms with Gasteiger partial charge in [0.15, 0.2) is 0 Å². The Labute approximate surface area is 127 Å². The Morgan fingerprint density at radius 3 is 2.86 bits per heavy atom. The monoisotopic (exact) mass is 295 g/mol. The average Bonchev–Trinajstić information content (AvgIpc) is 2.83. The molecule has 1 aromatic rings. The summed E-state index contributed by atoms with van der Waals surface area (Å²) in [6.45, 7) is 15.2. The lowest BCUT2D eigenvalue weighted by Gasteiger charge is -2.35. The molecule has 1 unspecified atom stereocenters. The summed E-state index contributed by atoms with van der Waals surface area (Å²) in [6.07, 6.45) is 2.21. The highest BCUT2D eigenvalue weighted by Gasteiger charge is 2.23. The van der Waals surface area contributed by atoms with Crippen molar-refractivity contribution in [1.82, 2.24) is 25.2 Å². The first kappa shape index (κ1) is 16.4. The van der Waals surface area contributed by atoms with E-state index in [9.17, 15) is 0 Å². The first-order valence-corrected chi connectivity index (χ1v) is 7.83. The third kappa shape index (κ3) is 5.37. The van der Waals surface area contributed by atoms with E-state index in [1.165, 1.54) is 0 Å². The molecule has 0 amide bonds. The number of ether oxygens (including phenoxy) is 1. The highest BCUT2D eigenvalue weighted by molar-refractivity contribution is 4.93. The standard InChI is InChI=1S/C15H29N5O/c1-12(2)19-6-7-21-14(10-19)11-20-9-13(17-18-20)8-16-15(3,4)5/h9,12,14,16H,6-8,10-11H2,1-5H3. The van der Waals surface area contributed by atoms with Crippen molar-refractivity contribution < 1.29 is 4.74 Å². The van der Waals surface area contributed by atoms with Gasteiger partial charge in [0.25, 0.3) is 0 Å². The van der Waals surface area contributed by atoms with E-state index in [0.29, 0.717) is 6.04 Å². The van der Waals surface area contributed by atoms with E-state index in [-0.39, 0.29) is 11.6 Å². The molecule has 21 heavy (non-hydrogen) atoms. The Kier molecular flexibility index (Phi) is 5.35. The van der Waals surface area contributed by atoms with Crippen molar-refractivity contribution in [3.8, 4) is 0 Å². The van der Waals surface area contributed by atoms with Gasteiger partial charge in [-0.3, -0.25) is 4.90 Å². The maximum absolute atomic E-state index is 5.84. The third-order valence-electron chi connectivity index (χ3n) is 3.68. The van der Waals surface area contributed by atoms with Crippen LogP contribution >= 0.6 is 0 Å². The fraction of sp³-hybridized carbons (Fsp3) is 0.867. The first-order valence-electron chi connectivity index (χ1n) is 7.83. The van der Waals surface area contributed by atoms with Gasteiger partial charge in [0.1, 0.15) is 0 Å². The smallest absolute Gasteiger partial charge is 0.0965 e. The van der Waals surface area contributed by atoms with E-state index < -0.39 is 0 Å². The van der Waals surface area contributed by atoms with E-state index in [4.69, 9.17) is 4.74 Å². The van der Waals surface area contributed by atoms with Gasteiger partial charge in [0.05, 0.1) is 24.9 Å². The Morgan fingerprint density at radius 2 is 2.19 bits per heavy atom. The number of nitrogens with zero attached hydrogens (tertiary/aromatic N) is 4. The van der Waals surface area contributed by atoms with E-state index in [2.05, 4.69) is 55.1 Å². The van der Waals surface area contributed by atoms with Crippen LogP contribution in [0.3, 0.4) is 0 Å². The molecule has 120 valence electrons. The molecule has 6 heteroatoms. The predicted octanol–water partition coefficient (Wildman–Crippen LogP) is 1.28. The van der Waals surface area contributed by atoms with Gasteiger partial charge in [-0.2, -0.15) is 0 Å². The lowest BCUT2D eigenvalue weighted by atomic mass is 10.1. The number of nitrogens with one attached hydrogen (secondary N) is 1. The molecular formula is C15H29N5O. The van der Waals surface area contributed by atoms with Crippen LogP contribution in [0.1, 0.15) is 40.3 Å². The Bertz CT molecular complexity index is 438. The molecule has 2 heterocycles. The molecule has 1 aromatic heterocycles. The average molecular weight is 295 g/mol. The second kappa shape index (κ2) is 6.85. The van der Waals surface area contributed by atoms with E-state index in [1.54, 1.807) is 0 Å². The van der Waals surface area contributed by atoms with Gasteiger partial charge < -0.3 is 10.1 Å². The molecule has 0 aliphatic carbocycles. The molecule has 0 aromatic carbocycles. The van der Waals surface area contributed by atoms with Crippen molar-refractivity contribution in [2.45, 2.75) is 65.4 Å². The van der Waals surface area contributed by atoms with E-state index in [0.717, 1.165) is 38.5 Å². The summed E-state index contributed by atoms with van der Waals surface area (Å²) < 4.78 is 7.74. The van der Waals surface area contributed by atoms with Crippen LogP contribution in [0.5, 0.6) is 0 Å². The van der Waals surface area contributed by atoms with Gasteiger partial charge in [0.2, 0.25) is 0 Å². The second-order valence-electron chi connectivity index (χ2n) is 7.12. The van der Waals surface area contributed by atoms with Crippen LogP contribution in [0, 0.1) is 0 Å². The summed E-state index contributed by atoms with van der Waals surface area (Å²) in [7, 11) is 0. The van der Waals surface area contributed by atoms with Crippen LogP contribution in [-0.4, -0.2) is 57.3 Å². The maximum Gasteiger partial charge on any atom is 0.0965 e. The molecule has 2 rings (SSSR count). The normalized spacial score (nSPS) is 21.1. The molecule has 0 radical (unpaired) electrons. The van der Waals surface area contributed by atoms with Crippen LogP contribution in [0.15, 0.2) is 6.20 Å². The van der Waals surface area contributed by atoms with Gasteiger partial charge in [-0.05, 0) is 34.6 Å². The topological polar surface area (TPSA) is 55.2 Å². The van der Waals surface area contributed by atoms with Gasteiger partial charge in [-0.1, -0.05) is 5.21 Å². The lowest BCUT2D eigenvalue weighted by molar-refractivity contribution is -0.0471. The van der Waals surface area contributed by atoms with Crippen molar-refractivity contribution in [2.24, 2.45) is 0 Å². The Hall–Kier alpha value is -0.980. The number of hydrogen-bond donors (Lipinski definition) is 1. The molecule has 0 bridgehead atoms. The summed E-state index contributed by atoms with van der Waals surface area (Å²) in [4.78, 5) is 2.45.